The van der Waals surface area contributed by atoms with E-state index in [1.54, 1.807) is 10.9 Å². The highest BCUT2D eigenvalue weighted by Gasteiger charge is 2.49. The highest BCUT2D eigenvalue weighted by Crippen LogP contribution is 2.41. The number of halogens is 2. The number of rotatable bonds is 3. The molecular formula is C13H13BrFN3O. The van der Waals surface area contributed by atoms with Crippen molar-refractivity contribution in [2.24, 2.45) is 7.05 Å². The van der Waals surface area contributed by atoms with Gasteiger partial charge in [-0.05, 0) is 17.7 Å². The molecule has 0 amide bonds. The van der Waals surface area contributed by atoms with Crippen LogP contribution in [0.25, 0.3) is 0 Å². The summed E-state index contributed by atoms with van der Waals surface area (Å²) in [6.45, 7) is 0.189. The molecule has 19 heavy (non-hydrogen) atoms. The van der Waals surface area contributed by atoms with Crippen LogP contribution in [0.1, 0.15) is 17.3 Å². The molecule has 6 heteroatoms. The fourth-order valence-corrected chi connectivity index (χ4v) is 2.80. The minimum atomic E-state index is -1.42. The van der Waals surface area contributed by atoms with Crippen molar-refractivity contribution in [1.29, 1.82) is 0 Å². The molecule has 1 aromatic carbocycles. The summed E-state index contributed by atoms with van der Waals surface area (Å²) in [4.78, 5) is 0. The molecule has 0 radical (unpaired) electrons. The lowest BCUT2D eigenvalue weighted by Crippen LogP contribution is -2.51. The van der Waals surface area contributed by atoms with Crippen LogP contribution in [-0.2, 0) is 11.8 Å². The van der Waals surface area contributed by atoms with Crippen molar-refractivity contribution in [3.63, 3.8) is 0 Å². The first-order chi connectivity index (χ1) is 9.10. The second-order valence-electron chi connectivity index (χ2n) is 4.82. The summed E-state index contributed by atoms with van der Waals surface area (Å²) in [6, 6.07) is 7.63. The third-order valence-corrected chi connectivity index (χ3v) is 3.88. The monoisotopic (exact) mass is 325 g/mol. The van der Waals surface area contributed by atoms with E-state index in [9.17, 15) is 4.39 Å². The van der Waals surface area contributed by atoms with Gasteiger partial charge in [0.05, 0.1) is 19.1 Å². The zero-order valence-electron chi connectivity index (χ0n) is 10.4. The highest BCUT2D eigenvalue weighted by atomic mass is 79.9. The van der Waals surface area contributed by atoms with Gasteiger partial charge in [0.2, 0.25) is 0 Å². The van der Waals surface area contributed by atoms with Gasteiger partial charge >= 0.3 is 0 Å². The molecule has 0 aliphatic carbocycles. The van der Waals surface area contributed by atoms with Crippen LogP contribution in [0.5, 0.6) is 0 Å². The topological polar surface area (TPSA) is 39.9 Å². The number of aromatic nitrogens is 3. The molecular weight excluding hydrogens is 313 g/mol. The molecule has 0 bridgehead atoms. The van der Waals surface area contributed by atoms with E-state index < -0.39 is 11.6 Å². The Kier molecular flexibility index (Phi) is 3.14. The van der Waals surface area contributed by atoms with Crippen LogP contribution in [0, 0.1) is 0 Å². The molecule has 0 N–H and O–H groups in total. The van der Waals surface area contributed by atoms with E-state index in [4.69, 9.17) is 4.74 Å². The van der Waals surface area contributed by atoms with Gasteiger partial charge in [-0.25, -0.2) is 4.39 Å². The van der Waals surface area contributed by atoms with Gasteiger partial charge in [-0.3, -0.25) is 0 Å². The Morgan fingerprint density at radius 3 is 2.79 bits per heavy atom. The Balaban J connectivity index is 2.09. The molecule has 0 saturated carbocycles. The third-order valence-electron chi connectivity index (χ3n) is 3.39. The first-order valence-electron chi connectivity index (χ1n) is 5.96. The first-order valence-corrected chi connectivity index (χ1v) is 6.75. The van der Waals surface area contributed by atoms with Crippen LogP contribution in [0.15, 0.2) is 35.1 Å². The maximum atomic E-state index is 14.9. The number of ether oxygens (including phenoxy) is 1. The predicted molar refractivity (Wildman–Crippen MR) is 71.6 cm³/mol. The third kappa shape index (κ3) is 2.19. The molecule has 3 rings (SSSR count). The largest absolute Gasteiger partial charge is 0.375 e. The second-order valence-corrected chi connectivity index (χ2v) is 5.73. The Labute approximate surface area is 118 Å². The number of nitrogens with zero attached hydrogens (tertiary/aromatic N) is 3. The number of alkyl halides is 1. The molecule has 1 aliphatic rings. The standard InChI is InChI=1S/C13H13BrFN3O/c1-18-8-16-17-12(18)11(13(15)6-19-7-13)9-3-2-4-10(14)5-9/h2-5,8,11H,6-7H2,1H3/t11-/m0/s1. The molecule has 2 heterocycles. The normalized spacial score (nSPS) is 18.9. The predicted octanol–water partition coefficient (Wildman–Crippen LogP) is 2.45. The van der Waals surface area contributed by atoms with Gasteiger partial charge < -0.3 is 9.30 Å². The van der Waals surface area contributed by atoms with Crippen LogP contribution in [0.2, 0.25) is 0 Å². The van der Waals surface area contributed by atoms with E-state index in [1.807, 2.05) is 31.3 Å². The van der Waals surface area contributed by atoms with Crippen LogP contribution >= 0.6 is 15.9 Å². The first kappa shape index (κ1) is 12.7. The van der Waals surface area contributed by atoms with E-state index in [0.717, 1.165) is 10.0 Å². The van der Waals surface area contributed by atoms with Crippen LogP contribution in [-0.4, -0.2) is 33.6 Å². The number of hydrogen-bond donors (Lipinski definition) is 0. The summed E-state index contributed by atoms with van der Waals surface area (Å²) >= 11 is 3.42. The van der Waals surface area contributed by atoms with Gasteiger partial charge in [0.15, 0.2) is 5.67 Å². The SMILES string of the molecule is Cn1cnnc1[C@H](c1cccc(Br)c1)C1(F)COC1. The van der Waals surface area contributed by atoms with Crippen LogP contribution in [0.3, 0.4) is 0 Å². The molecule has 1 saturated heterocycles. The average Bonchev–Trinajstić information content (AvgIpc) is 2.74. The van der Waals surface area contributed by atoms with Crippen molar-refractivity contribution >= 4 is 15.9 Å². The second kappa shape index (κ2) is 4.68. The average molecular weight is 326 g/mol. The van der Waals surface area contributed by atoms with Gasteiger partial charge in [0.1, 0.15) is 12.2 Å². The Hall–Kier alpha value is -1.27. The number of aryl methyl sites for hydroxylation is 1. The molecule has 1 aromatic heterocycles. The minimum Gasteiger partial charge on any atom is -0.375 e. The van der Waals surface area contributed by atoms with Gasteiger partial charge in [0.25, 0.3) is 0 Å². The van der Waals surface area contributed by atoms with Gasteiger partial charge in [-0.1, -0.05) is 28.1 Å². The summed E-state index contributed by atoms with van der Waals surface area (Å²) < 4.78 is 22.6. The smallest absolute Gasteiger partial charge is 0.171 e. The van der Waals surface area contributed by atoms with E-state index >= 15 is 0 Å². The van der Waals surface area contributed by atoms with Gasteiger partial charge in [-0.15, -0.1) is 10.2 Å². The maximum Gasteiger partial charge on any atom is 0.171 e. The lowest BCUT2D eigenvalue weighted by atomic mass is 9.81. The van der Waals surface area contributed by atoms with E-state index in [2.05, 4.69) is 26.1 Å². The quantitative estimate of drug-likeness (QED) is 0.870. The van der Waals surface area contributed by atoms with Gasteiger partial charge in [-0.2, -0.15) is 0 Å². The van der Waals surface area contributed by atoms with E-state index in [-0.39, 0.29) is 13.2 Å². The molecule has 0 unspecified atom stereocenters. The lowest BCUT2D eigenvalue weighted by molar-refractivity contribution is -0.139. The van der Waals surface area contributed by atoms with Crippen LogP contribution in [0.4, 0.5) is 4.39 Å². The summed E-state index contributed by atoms with van der Waals surface area (Å²) in [6.07, 6.45) is 1.59. The zero-order valence-corrected chi connectivity index (χ0v) is 12.0. The number of benzene rings is 1. The Bertz CT molecular complexity index is 597. The van der Waals surface area contributed by atoms with Crippen molar-refractivity contribution in [1.82, 2.24) is 14.8 Å². The molecule has 1 atom stereocenters. The highest BCUT2D eigenvalue weighted by molar-refractivity contribution is 9.10. The van der Waals surface area contributed by atoms with Crippen molar-refractivity contribution in [2.75, 3.05) is 13.2 Å². The van der Waals surface area contributed by atoms with E-state index in [1.165, 1.54) is 0 Å². The van der Waals surface area contributed by atoms with Crippen molar-refractivity contribution in [3.8, 4) is 0 Å². The summed E-state index contributed by atoms with van der Waals surface area (Å²) in [7, 11) is 1.82. The minimum absolute atomic E-state index is 0.0943. The Morgan fingerprint density at radius 2 is 2.26 bits per heavy atom. The Morgan fingerprint density at radius 1 is 1.47 bits per heavy atom. The molecule has 1 fully saturated rings. The van der Waals surface area contributed by atoms with Gasteiger partial charge in [0, 0.05) is 11.5 Å². The van der Waals surface area contributed by atoms with Crippen molar-refractivity contribution in [3.05, 3.63) is 46.5 Å². The fraction of sp³-hybridized carbons (Fsp3) is 0.385. The maximum absolute atomic E-state index is 14.9. The molecule has 1 aliphatic heterocycles. The molecule has 2 aromatic rings. The van der Waals surface area contributed by atoms with E-state index in [0.29, 0.717) is 5.82 Å². The molecule has 0 spiro atoms. The summed E-state index contributed by atoms with van der Waals surface area (Å²) in [5.74, 6) is 0.148. The van der Waals surface area contributed by atoms with Crippen molar-refractivity contribution < 1.29 is 9.13 Å². The van der Waals surface area contributed by atoms with Crippen LogP contribution < -0.4 is 0 Å². The molecule has 4 nitrogen and oxygen atoms in total. The zero-order chi connectivity index (χ0) is 13.5. The lowest BCUT2D eigenvalue weighted by Gasteiger charge is -2.39. The summed E-state index contributed by atoms with van der Waals surface area (Å²) in [5.41, 5.74) is -0.544. The number of hydrogen-bond acceptors (Lipinski definition) is 3. The molecule has 100 valence electrons. The summed E-state index contributed by atoms with van der Waals surface area (Å²) in [5, 5.41) is 7.93. The fourth-order valence-electron chi connectivity index (χ4n) is 2.38. The van der Waals surface area contributed by atoms with Crippen molar-refractivity contribution in [2.45, 2.75) is 11.6 Å².